The number of amides is 1. The molecule has 0 aromatic heterocycles. The molecule has 1 N–H and O–H groups in total. The van der Waals surface area contributed by atoms with E-state index in [9.17, 15) is 18.5 Å². The van der Waals surface area contributed by atoms with Gasteiger partial charge in [-0.3, -0.25) is 4.79 Å². The third-order valence-electron chi connectivity index (χ3n) is 5.46. The number of benzene rings is 2. The van der Waals surface area contributed by atoms with Crippen molar-refractivity contribution in [2.75, 3.05) is 17.6 Å². The minimum atomic E-state index is -3.46. The highest BCUT2D eigenvalue weighted by Crippen LogP contribution is 2.32. The minimum absolute atomic E-state index is 0.0584. The van der Waals surface area contributed by atoms with Crippen LogP contribution in [-0.2, 0) is 14.8 Å². The van der Waals surface area contributed by atoms with Gasteiger partial charge in [0.25, 0.3) is 0 Å². The summed E-state index contributed by atoms with van der Waals surface area (Å²) < 4.78 is 26.5. The fourth-order valence-electron chi connectivity index (χ4n) is 3.81. The Kier molecular flexibility index (Phi) is 7.71. The van der Waals surface area contributed by atoms with E-state index in [2.05, 4.69) is 11.4 Å². The van der Waals surface area contributed by atoms with Crippen LogP contribution < -0.4 is 5.32 Å². The van der Waals surface area contributed by atoms with Gasteiger partial charge in [0.1, 0.15) is 6.04 Å². The van der Waals surface area contributed by atoms with Crippen molar-refractivity contribution in [3.8, 4) is 6.07 Å². The standard InChI is InChI=1S/C23H26ClN3O3S/c1-2-3-14-31(29,30)27-13-7-10-22(27)23(28)26-18-11-12-19(21(24)15-18)20(16-25)17-8-5-4-6-9-17/h4-6,8-9,11-12,15,20,22H,2-3,7,10,13-14H2,1H3,(H,26,28). The van der Waals surface area contributed by atoms with Crippen LogP contribution in [-0.4, -0.2) is 37.0 Å². The summed E-state index contributed by atoms with van der Waals surface area (Å²) in [7, 11) is -3.46. The van der Waals surface area contributed by atoms with Crippen molar-refractivity contribution in [3.63, 3.8) is 0 Å². The van der Waals surface area contributed by atoms with E-state index in [4.69, 9.17) is 11.6 Å². The molecular weight excluding hydrogens is 434 g/mol. The Bertz CT molecular complexity index is 1070. The summed E-state index contributed by atoms with van der Waals surface area (Å²) in [6.45, 7) is 2.30. The molecule has 1 heterocycles. The number of nitrogens with zero attached hydrogens (tertiary/aromatic N) is 2. The number of nitriles is 1. The quantitative estimate of drug-likeness (QED) is 0.627. The van der Waals surface area contributed by atoms with Gasteiger partial charge in [-0.15, -0.1) is 0 Å². The van der Waals surface area contributed by atoms with E-state index in [1.165, 1.54) is 4.31 Å². The summed E-state index contributed by atoms with van der Waals surface area (Å²) in [4.78, 5) is 12.8. The topological polar surface area (TPSA) is 90.3 Å². The highest BCUT2D eigenvalue weighted by Gasteiger charge is 2.38. The molecule has 2 unspecified atom stereocenters. The molecule has 0 spiro atoms. The average Bonchev–Trinajstić information content (AvgIpc) is 3.26. The molecule has 0 aliphatic carbocycles. The van der Waals surface area contributed by atoms with Crippen LogP contribution in [0.15, 0.2) is 48.5 Å². The Balaban J connectivity index is 1.75. The van der Waals surface area contributed by atoms with Gasteiger partial charge in [-0.25, -0.2) is 8.42 Å². The van der Waals surface area contributed by atoms with Crippen LogP contribution in [0.25, 0.3) is 0 Å². The third-order valence-corrected chi connectivity index (χ3v) is 7.74. The number of anilines is 1. The normalized spacial score (nSPS) is 17.8. The van der Waals surface area contributed by atoms with Crippen molar-refractivity contribution in [2.45, 2.75) is 44.6 Å². The van der Waals surface area contributed by atoms with Gasteiger partial charge in [-0.2, -0.15) is 9.57 Å². The largest absolute Gasteiger partial charge is 0.325 e. The predicted octanol–water partition coefficient (Wildman–Crippen LogP) is 4.53. The number of rotatable bonds is 8. The zero-order chi connectivity index (χ0) is 22.4. The highest BCUT2D eigenvalue weighted by atomic mass is 35.5. The SMILES string of the molecule is CCCCS(=O)(=O)N1CCCC1C(=O)Nc1ccc(C(C#N)c2ccccc2)c(Cl)c1. The molecule has 1 saturated heterocycles. The molecule has 1 aliphatic rings. The first-order chi connectivity index (χ1) is 14.9. The van der Waals surface area contributed by atoms with E-state index < -0.39 is 22.0 Å². The lowest BCUT2D eigenvalue weighted by Crippen LogP contribution is -2.44. The maximum absolute atomic E-state index is 12.8. The van der Waals surface area contributed by atoms with Crippen molar-refractivity contribution in [1.82, 2.24) is 4.31 Å². The molecule has 1 fully saturated rings. The molecule has 8 heteroatoms. The molecule has 31 heavy (non-hydrogen) atoms. The molecule has 6 nitrogen and oxygen atoms in total. The second-order valence-electron chi connectivity index (χ2n) is 7.64. The van der Waals surface area contributed by atoms with Crippen LogP contribution in [0.3, 0.4) is 0 Å². The first-order valence-corrected chi connectivity index (χ1v) is 12.4. The summed E-state index contributed by atoms with van der Waals surface area (Å²) >= 11 is 6.45. The molecule has 1 amide bonds. The summed E-state index contributed by atoms with van der Waals surface area (Å²) in [6, 6.07) is 15.9. The molecule has 1 aliphatic heterocycles. The van der Waals surface area contributed by atoms with E-state index in [0.29, 0.717) is 42.1 Å². The van der Waals surface area contributed by atoms with E-state index in [0.717, 1.165) is 12.0 Å². The molecule has 3 rings (SSSR count). The van der Waals surface area contributed by atoms with E-state index in [-0.39, 0.29) is 11.7 Å². The highest BCUT2D eigenvalue weighted by molar-refractivity contribution is 7.89. The lowest BCUT2D eigenvalue weighted by Gasteiger charge is -2.23. The van der Waals surface area contributed by atoms with Crippen molar-refractivity contribution in [1.29, 1.82) is 5.26 Å². The Labute approximate surface area is 188 Å². The third kappa shape index (κ3) is 5.45. The fraction of sp³-hybridized carbons (Fsp3) is 0.391. The van der Waals surface area contributed by atoms with Crippen LogP contribution in [0.1, 0.15) is 49.7 Å². The molecule has 2 atom stereocenters. The summed E-state index contributed by atoms with van der Waals surface area (Å²) in [6.07, 6.45) is 2.50. The molecule has 0 saturated carbocycles. The maximum Gasteiger partial charge on any atom is 0.242 e. The Morgan fingerprint density at radius 1 is 1.29 bits per heavy atom. The second-order valence-corrected chi connectivity index (χ2v) is 10.1. The molecule has 2 aromatic rings. The van der Waals surface area contributed by atoms with Gasteiger partial charge in [-0.1, -0.05) is 61.3 Å². The van der Waals surface area contributed by atoms with Gasteiger partial charge in [-0.05, 0) is 42.5 Å². The number of sulfonamides is 1. The average molecular weight is 460 g/mol. The Morgan fingerprint density at radius 3 is 2.68 bits per heavy atom. The van der Waals surface area contributed by atoms with Crippen molar-refractivity contribution < 1.29 is 13.2 Å². The maximum atomic E-state index is 12.8. The van der Waals surface area contributed by atoms with Gasteiger partial charge in [0, 0.05) is 17.3 Å². The van der Waals surface area contributed by atoms with E-state index in [1.807, 2.05) is 37.3 Å². The summed E-state index contributed by atoms with van der Waals surface area (Å²) in [5.74, 6) is -0.822. The van der Waals surface area contributed by atoms with Crippen molar-refractivity contribution in [2.24, 2.45) is 0 Å². The van der Waals surface area contributed by atoms with Gasteiger partial charge in [0.05, 0.1) is 17.7 Å². The van der Waals surface area contributed by atoms with Crippen molar-refractivity contribution >= 4 is 33.2 Å². The first-order valence-electron chi connectivity index (χ1n) is 10.4. The molecular formula is C23H26ClN3O3S. The van der Waals surface area contributed by atoms with Crippen LogP contribution in [0.4, 0.5) is 5.69 Å². The number of nitrogens with one attached hydrogen (secondary N) is 1. The minimum Gasteiger partial charge on any atom is -0.325 e. The van der Waals surface area contributed by atoms with Crippen LogP contribution in [0, 0.1) is 11.3 Å². The summed E-state index contributed by atoms with van der Waals surface area (Å²) in [5, 5.41) is 12.8. The lowest BCUT2D eigenvalue weighted by molar-refractivity contribution is -0.119. The monoisotopic (exact) mass is 459 g/mol. The Morgan fingerprint density at radius 2 is 2.03 bits per heavy atom. The number of halogens is 1. The Hall–Kier alpha value is -2.40. The fourth-order valence-corrected chi connectivity index (χ4v) is 5.99. The van der Waals surface area contributed by atoms with Crippen LogP contribution in [0.2, 0.25) is 5.02 Å². The lowest BCUT2D eigenvalue weighted by atomic mass is 9.92. The zero-order valence-corrected chi connectivity index (χ0v) is 19.0. The number of unbranched alkanes of at least 4 members (excludes halogenated alkanes) is 1. The number of hydrogen-bond donors (Lipinski definition) is 1. The molecule has 2 aromatic carbocycles. The molecule has 164 valence electrons. The van der Waals surface area contributed by atoms with Gasteiger partial charge in [0.2, 0.25) is 15.9 Å². The number of carbonyl (C=O) groups excluding carboxylic acids is 1. The van der Waals surface area contributed by atoms with E-state index >= 15 is 0 Å². The van der Waals surface area contributed by atoms with Crippen LogP contribution in [0.5, 0.6) is 0 Å². The first kappa shape index (κ1) is 23.3. The zero-order valence-electron chi connectivity index (χ0n) is 17.4. The van der Waals surface area contributed by atoms with E-state index in [1.54, 1.807) is 18.2 Å². The van der Waals surface area contributed by atoms with Crippen LogP contribution >= 0.6 is 11.6 Å². The molecule has 0 bridgehead atoms. The second kappa shape index (κ2) is 10.3. The van der Waals surface area contributed by atoms with Gasteiger partial charge < -0.3 is 5.32 Å². The number of carbonyl (C=O) groups is 1. The smallest absolute Gasteiger partial charge is 0.242 e. The molecule has 0 radical (unpaired) electrons. The van der Waals surface area contributed by atoms with Crippen molar-refractivity contribution in [3.05, 3.63) is 64.7 Å². The number of hydrogen-bond acceptors (Lipinski definition) is 4. The van der Waals surface area contributed by atoms with Gasteiger partial charge in [0.15, 0.2) is 0 Å². The predicted molar refractivity (Wildman–Crippen MR) is 122 cm³/mol. The summed E-state index contributed by atoms with van der Waals surface area (Å²) in [5.41, 5.74) is 1.96. The van der Waals surface area contributed by atoms with Gasteiger partial charge >= 0.3 is 0 Å².